The topological polar surface area (TPSA) is 71.4 Å². The number of anilines is 2. The molecule has 5 rings (SSSR count). The number of pyridine rings is 1. The zero-order valence-corrected chi connectivity index (χ0v) is 24.6. The third-order valence-corrected chi connectivity index (χ3v) is 7.72. The Hall–Kier alpha value is -4.17. The van der Waals surface area contributed by atoms with Crippen LogP contribution in [0.4, 0.5) is 11.4 Å². The molecule has 206 valence electrons. The third-order valence-electron chi connectivity index (χ3n) is 7.41. The van der Waals surface area contributed by atoms with E-state index in [4.69, 9.17) is 21.9 Å². The van der Waals surface area contributed by atoms with Crippen LogP contribution in [0.1, 0.15) is 59.2 Å². The Morgan fingerprint density at radius 2 is 1.77 bits per heavy atom. The van der Waals surface area contributed by atoms with E-state index < -0.39 is 0 Å². The molecule has 0 saturated carbocycles. The summed E-state index contributed by atoms with van der Waals surface area (Å²) in [5, 5.41) is 7.07. The van der Waals surface area contributed by atoms with Gasteiger partial charge in [-0.25, -0.2) is 0 Å². The summed E-state index contributed by atoms with van der Waals surface area (Å²) in [4.78, 5) is 18.9. The van der Waals surface area contributed by atoms with E-state index in [1.165, 1.54) is 11.1 Å². The Bertz CT molecular complexity index is 1560. The zero-order valence-electron chi connectivity index (χ0n) is 23.8. The number of thiocarbonyl (C=S) groups is 1. The average molecular weight is 554 g/mol. The number of nitrogens with one attached hydrogen (secondary N) is 2. The minimum absolute atomic E-state index is 0.0728. The normalized spacial score (nSPS) is 16.6. The lowest BCUT2D eigenvalue weighted by molar-refractivity contribution is -0.115. The number of carbonyl (C=O) groups excluding carboxylic acids is 1. The van der Waals surface area contributed by atoms with Crippen molar-refractivity contribution in [2.24, 2.45) is 0 Å². The quantitative estimate of drug-likeness (QED) is 0.250. The first-order valence-electron chi connectivity index (χ1n) is 13.5. The molecule has 2 atom stereocenters. The molecule has 2 aromatic heterocycles. The number of ether oxygens (including phenoxy) is 1. The van der Waals surface area contributed by atoms with Crippen LogP contribution in [-0.4, -0.2) is 27.7 Å². The van der Waals surface area contributed by atoms with Crippen molar-refractivity contribution in [3.05, 3.63) is 101 Å². The molecule has 4 aromatic rings. The molecular weight excluding hydrogens is 518 g/mol. The number of rotatable bonds is 7. The van der Waals surface area contributed by atoms with Crippen molar-refractivity contribution in [1.29, 1.82) is 0 Å². The van der Waals surface area contributed by atoms with Crippen LogP contribution in [0.2, 0.25) is 0 Å². The average Bonchev–Trinajstić information content (AvgIpc) is 3.43. The molecule has 3 heterocycles. The molecule has 0 radical (unpaired) electrons. The molecule has 0 aliphatic carbocycles. The highest BCUT2D eigenvalue weighted by Gasteiger charge is 2.42. The lowest BCUT2D eigenvalue weighted by Gasteiger charge is -2.29. The Kier molecular flexibility index (Phi) is 7.63. The molecule has 2 aromatic carbocycles. The van der Waals surface area contributed by atoms with Gasteiger partial charge in [0, 0.05) is 41.4 Å². The molecular formula is C32H35N5O2S. The van der Waals surface area contributed by atoms with E-state index in [-0.39, 0.29) is 18.0 Å². The maximum atomic E-state index is 12.1. The summed E-state index contributed by atoms with van der Waals surface area (Å²) < 4.78 is 8.00. The first-order chi connectivity index (χ1) is 19.2. The Morgan fingerprint density at radius 3 is 2.42 bits per heavy atom. The van der Waals surface area contributed by atoms with Gasteiger partial charge in [-0.15, -0.1) is 0 Å². The van der Waals surface area contributed by atoms with E-state index in [1.807, 2.05) is 49.5 Å². The van der Waals surface area contributed by atoms with Crippen molar-refractivity contribution in [2.75, 3.05) is 17.3 Å². The molecule has 1 saturated heterocycles. The number of aryl methyl sites for hydroxylation is 3. The van der Waals surface area contributed by atoms with Crippen molar-refractivity contribution in [3.8, 4) is 11.4 Å². The summed E-state index contributed by atoms with van der Waals surface area (Å²) in [6, 6.07) is 20.3. The fourth-order valence-corrected chi connectivity index (χ4v) is 6.03. The Labute approximate surface area is 241 Å². The molecule has 2 N–H and O–H groups in total. The maximum absolute atomic E-state index is 12.1. The van der Waals surface area contributed by atoms with Crippen LogP contribution in [0, 0.1) is 27.7 Å². The van der Waals surface area contributed by atoms with Gasteiger partial charge in [-0.3, -0.25) is 9.78 Å². The van der Waals surface area contributed by atoms with E-state index in [2.05, 4.69) is 72.1 Å². The summed E-state index contributed by atoms with van der Waals surface area (Å²) in [5.41, 5.74) is 9.44. The summed E-state index contributed by atoms with van der Waals surface area (Å²) in [7, 11) is 1.60. The first-order valence-corrected chi connectivity index (χ1v) is 13.9. The van der Waals surface area contributed by atoms with Gasteiger partial charge in [0.25, 0.3) is 0 Å². The minimum Gasteiger partial charge on any atom is -0.494 e. The number of methoxy groups -OCH3 is 1. The summed E-state index contributed by atoms with van der Waals surface area (Å²) in [6.45, 7) is 10.4. The second-order valence-corrected chi connectivity index (χ2v) is 10.7. The number of hydrogen-bond acceptors (Lipinski definition) is 4. The number of amides is 1. The van der Waals surface area contributed by atoms with Gasteiger partial charge >= 0.3 is 0 Å². The standard InChI is InChI=1S/C32H35N5O2S/c1-7-29(38)34-26-12-11-23(18-28(26)39-6)37-31(30(35-32(37)40)27-10-8-9-13-33-27)25-17-21(4)36(22(25)5)24-15-19(2)14-20(3)16-24/h8-18,30-31H,7H2,1-6H3,(H,34,38)(H,35,40)/t30-,31-/m0/s1. The van der Waals surface area contributed by atoms with Crippen molar-refractivity contribution in [3.63, 3.8) is 0 Å². The number of carbonyl (C=O) groups is 1. The van der Waals surface area contributed by atoms with Crippen LogP contribution < -0.4 is 20.3 Å². The van der Waals surface area contributed by atoms with Gasteiger partial charge in [-0.05, 0) is 99.1 Å². The molecule has 0 bridgehead atoms. The number of aromatic nitrogens is 2. The van der Waals surface area contributed by atoms with E-state index >= 15 is 0 Å². The molecule has 1 amide bonds. The van der Waals surface area contributed by atoms with Crippen LogP contribution in [0.3, 0.4) is 0 Å². The van der Waals surface area contributed by atoms with Gasteiger partial charge < -0.3 is 24.8 Å². The molecule has 8 heteroatoms. The first kappa shape index (κ1) is 27.4. The highest BCUT2D eigenvalue weighted by Crippen LogP contribution is 2.45. The van der Waals surface area contributed by atoms with Gasteiger partial charge in [-0.2, -0.15) is 0 Å². The number of hydrogen-bond donors (Lipinski definition) is 2. The van der Waals surface area contributed by atoms with E-state index in [1.54, 1.807) is 7.11 Å². The maximum Gasteiger partial charge on any atom is 0.224 e. The summed E-state index contributed by atoms with van der Waals surface area (Å²) >= 11 is 5.96. The highest BCUT2D eigenvalue weighted by atomic mass is 32.1. The van der Waals surface area contributed by atoms with Gasteiger partial charge in [0.1, 0.15) is 5.75 Å². The van der Waals surface area contributed by atoms with E-state index in [0.29, 0.717) is 23.0 Å². The van der Waals surface area contributed by atoms with Crippen LogP contribution in [-0.2, 0) is 4.79 Å². The lowest BCUT2D eigenvalue weighted by Crippen LogP contribution is -2.29. The predicted molar refractivity (Wildman–Crippen MR) is 165 cm³/mol. The van der Waals surface area contributed by atoms with Gasteiger partial charge in [0.2, 0.25) is 5.91 Å². The fraction of sp³-hybridized carbons (Fsp3) is 0.281. The van der Waals surface area contributed by atoms with Crippen LogP contribution in [0.5, 0.6) is 5.75 Å². The van der Waals surface area contributed by atoms with Gasteiger partial charge in [-0.1, -0.05) is 19.1 Å². The number of nitrogens with zero attached hydrogens (tertiary/aromatic N) is 3. The van der Waals surface area contributed by atoms with Gasteiger partial charge in [0.05, 0.1) is 30.6 Å². The largest absolute Gasteiger partial charge is 0.494 e. The predicted octanol–water partition coefficient (Wildman–Crippen LogP) is 6.64. The van der Waals surface area contributed by atoms with Crippen molar-refractivity contribution in [2.45, 2.75) is 53.1 Å². The Morgan fingerprint density at radius 1 is 1.02 bits per heavy atom. The van der Waals surface area contributed by atoms with Gasteiger partial charge in [0.15, 0.2) is 5.11 Å². The molecule has 1 aliphatic heterocycles. The molecule has 1 aliphatic rings. The second-order valence-electron chi connectivity index (χ2n) is 10.3. The fourth-order valence-electron chi connectivity index (χ4n) is 5.68. The molecule has 40 heavy (non-hydrogen) atoms. The second kappa shape index (κ2) is 11.1. The van der Waals surface area contributed by atoms with E-state index in [9.17, 15) is 4.79 Å². The third kappa shape index (κ3) is 5.07. The Balaban J connectivity index is 1.66. The summed E-state index contributed by atoms with van der Waals surface area (Å²) in [6.07, 6.45) is 2.20. The molecule has 0 spiro atoms. The number of benzene rings is 2. The van der Waals surface area contributed by atoms with E-state index in [0.717, 1.165) is 34.0 Å². The lowest BCUT2D eigenvalue weighted by atomic mass is 9.96. The summed E-state index contributed by atoms with van der Waals surface area (Å²) in [5.74, 6) is 0.499. The molecule has 0 unspecified atom stereocenters. The monoisotopic (exact) mass is 553 g/mol. The van der Waals surface area contributed by atoms with Crippen molar-refractivity contribution >= 4 is 34.6 Å². The van der Waals surface area contributed by atoms with Crippen molar-refractivity contribution < 1.29 is 9.53 Å². The van der Waals surface area contributed by atoms with Crippen LogP contribution in [0.25, 0.3) is 5.69 Å². The van der Waals surface area contributed by atoms with Crippen LogP contribution in [0.15, 0.2) is 66.9 Å². The molecule has 1 fully saturated rings. The zero-order chi connectivity index (χ0) is 28.6. The minimum atomic E-state index is -0.174. The highest BCUT2D eigenvalue weighted by molar-refractivity contribution is 7.80. The smallest absolute Gasteiger partial charge is 0.224 e. The van der Waals surface area contributed by atoms with Crippen LogP contribution >= 0.6 is 12.2 Å². The molecule has 7 nitrogen and oxygen atoms in total. The SMILES string of the molecule is CCC(=O)Nc1ccc(N2C(=S)N[C@@H](c3ccccn3)[C@@H]2c2cc(C)n(-c3cc(C)cc(C)c3)c2C)cc1OC. The van der Waals surface area contributed by atoms with Crippen molar-refractivity contribution in [1.82, 2.24) is 14.9 Å².